The zero-order valence-electron chi connectivity index (χ0n) is 15.4. The first-order valence-corrected chi connectivity index (χ1v) is 9.78. The lowest BCUT2D eigenvalue weighted by atomic mass is 9.98. The number of hydrogen-bond acceptors (Lipinski definition) is 6. The van der Waals surface area contributed by atoms with E-state index in [0.29, 0.717) is 16.7 Å². The second kappa shape index (κ2) is 7.99. The molecule has 2 heterocycles. The van der Waals surface area contributed by atoms with Crippen LogP contribution >= 0.6 is 11.8 Å². The summed E-state index contributed by atoms with van der Waals surface area (Å²) >= 11 is 1.32. The SMILES string of the molecule is COc1ccc(-c2nnc(SCC(=O)N3[C@H](C)CCC[C@@H]3C)n2N)cc1. The smallest absolute Gasteiger partial charge is 0.233 e. The van der Waals surface area contributed by atoms with E-state index in [1.54, 1.807) is 7.11 Å². The molecule has 1 saturated heterocycles. The third kappa shape index (κ3) is 3.80. The molecular weight excluding hydrogens is 350 g/mol. The van der Waals surface area contributed by atoms with E-state index >= 15 is 0 Å². The molecule has 2 atom stereocenters. The fourth-order valence-electron chi connectivity index (χ4n) is 3.43. The molecule has 0 aliphatic carbocycles. The highest BCUT2D eigenvalue weighted by Crippen LogP contribution is 2.26. The van der Waals surface area contributed by atoms with Gasteiger partial charge in [-0.15, -0.1) is 10.2 Å². The lowest BCUT2D eigenvalue weighted by Gasteiger charge is -2.39. The molecule has 0 saturated carbocycles. The van der Waals surface area contributed by atoms with Crippen molar-refractivity contribution < 1.29 is 9.53 Å². The molecule has 8 heteroatoms. The van der Waals surface area contributed by atoms with Gasteiger partial charge in [0.15, 0.2) is 5.82 Å². The minimum Gasteiger partial charge on any atom is -0.497 e. The van der Waals surface area contributed by atoms with Crippen LogP contribution in [-0.2, 0) is 4.79 Å². The third-order valence-corrected chi connectivity index (χ3v) is 5.75. The van der Waals surface area contributed by atoms with E-state index < -0.39 is 0 Å². The van der Waals surface area contributed by atoms with E-state index in [2.05, 4.69) is 24.0 Å². The molecule has 2 N–H and O–H groups in total. The van der Waals surface area contributed by atoms with Crippen molar-refractivity contribution in [3.63, 3.8) is 0 Å². The maximum atomic E-state index is 12.6. The monoisotopic (exact) mass is 375 g/mol. The van der Waals surface area contributed by atoms with Crippen molar-refractivity contribution in [1.82, 2.24) is 19.8 Å². The standard InChI is InChI=1S/C18H25N5O2S/c1-12-5-4-6-13(2)22(12)16(24)11-26-18-21-20-17(23(18)19)14-7-9-15(25-3)10-8-14/h7-10,12-13H,4-6,11,19H2,1-3H3/t12-,13+. The third-order valence-electron chi connectivity index (χ3n) is 4.82. The van der Waals surface area contributed by atoms with Crippen molar-refractivity contribution in [2.75, 3.05) is 18.7 Å². The molecule has 0 radical (unpaired) electrons. The number of ether oxygens (including phenoxy) is 1. The molecular formula is C18H25N5O2S. The second-order valence-electron chi connectivity index (χ2n) is 6.62. The maximum Gasteiger partial charge on any atom is 0.233 e. The number of nitrogens with zero attached hydrogens (tertiary/aromatic N) is 4. The number of thioether (sulfide) groups is 1. The number of nitrogens with two attached hydrogens (primary N) is 1. The number of piperidine rings is 1. The van der Waals surface area contributed by atoms with Gasteiger partial charge < -0.3 is 15.5 Å². The van der Waals surface area contributed by atoms with Crippen molar-refractivity contribution >= 4 is 17.7 Å². The van der Waals surface area contributed by atoms with Crippen LogP contribution in [0, 0.1) is 0 Å². The van der Waals surface area contributed by atoms with Gasteiger partial charge in [0.05, 0.1) is 12.9 Å². The average molecular weight is 375 g/mol. The summed E-state index contributed by atoms with van der Waals surface area (Å²) in [5.74, 6) is 7.90. The van der Waals surface area contributed by atoms with E-state index in [4.69, 9.17) is 10.6 Å². The highest BCUT2D eigenvalue weighted by Gasteiger charge is 2.29. The Morgan fingerprint density at radius 2 is 1.88 bits per heavy atom. The van der Waals surface area contributed by atoms with Crippen LogP contribution in [0.3, 0.4) is 0 Å². The normalized spacial score (nSPS) is 20.2. The minimum absolute atomic E-state index is 0.128. The molecule has 140 valence electrons. The van der Waals surface area contributed by atoms with Crippen molar-refractivity contribution in [1.29, 1.82) is 0 Å². The van der Waals surface area contributed by atoms with Crippen LogP contribution in [0.5, 0.6) is 5.75 Å². The Bertz CT molecular complexity index is 751. The molecule has 3 rings (SSSR count). The van der Waals surface area contributed by atoms with Crippen LogP contribution in [0.1, 0.15) is 33.1 Å². The summed E-state index contributed by atoms with van der Waals surface area (Å²) in [5, 5.41) is 8.83. The zero-order valence-corrected chi connectivity index (χ0v) is 16.2. The lowest BCUT2D eigenvalue weighted by Crippen LogP contribution is -2.48. The molecule has 0 spiro atoms. The topological polar surface area (TPSA) is 86.3 Å². The summed E-state index contributed by atoms with van der Waals surface area (Å²) in [6, 6.07) is 8.03. The number of hydrogen-bond donors (Lipinski definition) is 1. The Hall–Kier alpha value is -2.22. The van der Waals surface area contributed by atoms with Crippen molar-refractivity contribution in [3.8, 4) is 17.1 Å². The van der Waals surface area contributed by atoms with Gasteiger partial charge >= 0.3 is 0 Å². The number of methoxy groups -OCH3 is 1. The van der Waals surface area contributed by atoms with Gasteiger partial charge in [0.1, 0.15) is 5.75 Å². The highest BCUT2D eigenvalue weighted by atomic mass is 32.2. The summed E-state index contributed by atoms with van der Waals surface area (Å²) in [6.45, 7) is 4.23. The summed E-state index contributed by atoms with van der Waals surface area (Å²) < 4.78 is 6.59. The quantitative estimate of drug-likeness (QED) is 0.638. The Kier molecular flexibility index (Phi) is 5.70. The van der Waals surface area contributed by atoms with Crippen molar-refractivity contribution in [2.45, 2.75) is 50.4 Å². The van der Waals surface area contributed by atoms with Gasteiger partial charge in [-0.2, -0.15) is 0 Å². The van der Waals surface area contributed by atoms with Crippen LogP contribution < -0.4 is 10.6 Å². The summed E-state index contributed by atoms with van der Waals surface area (Å²) in [4.78, 5) is 14.6. The number of likely N-dealkylation sites (tertiary alicyclic amines) is 1. The van der Waals surface area contributed by atoms with Crippen LogP contribution in [0.2, 0.25) is 0 Å². The number of nitrogen functional groups attached to an aromatic ring is 1. The second-order valence-corrected chi connectivity index (χ2v) is 7.57. The Morgan fingerprint density at radius 3 is 2.50 bits per heavy atom. The van der Waals surface area contributed by atoms with Gasteiger partial charge in [-0.25, -0.2) is 4.68 Å². The first-order chi connectivity index (χ1) is 12.5. The molecule has 1 aliphatic rings. The van der Waals surface area contributed by atoms with Gasteiger partial charge in [0.2, 0.25) is 11.1 Å². The van der Waals surface area contributed by atoms with Crippen LogP contribution in [0.4, 0.5) is 0 Å². The maximum absolute atomic E-state index is 12.6. The predicted molar refractivity (Wildman–Crippen MR) is 103 cm³/mol. The fraction of sp³-hybridized carbons (Fsp3) is 0.500. The van der Waals surface area contributed by atoms with Crippen LogP contribution in [0.25, 0.3) is 11.4 Å². The number of benzene rings is 1. The number of carbonyl (C=O) groups excluding carboxylic acids is 1. The zero-order chi connectivity index (χ0) is 18.7. The van der Waals surface area contributed by atoms with Crippen LogP contribution in [0.15, 0.2) is 29.4 Å². The Labute approximate surface area is 157 Å². The predicted octanol–water partition coefficient (Wildman–Crippen LogP) is 2.55. The Morgan fingerprint density at radius 1 is 1.23 bits per heavy atom. The van der Waals surface area contributed by atoms with Crippen molar-refractivity contribution in [2.24, 2.45) is 0 Å². The number of rotatable bonds is 5. The van der Waals surface area contributed by atoms with Gasteiger partial charge in [0.25, 0.3) is 0 Å². The summed E-state index contributed by atoms with van der Waals surface area (Å²) in [7, 11) is 1.62. The van der Waals surface area contributed by atoms with Crippen LogP contribution in [-0.4, -0.2) is 50.6 Å². The first kappa shape index (κ1) is 18.6. The first-order valence-electron chi connectivity index (χ1n) is 8.80. The molecule has 2 aromatic rings. The van der Waals surface area contributed by atoms with E-state index in [1.807, 2.05) is 29.2 Å². The van der Waals surface area contributed by atoms with E-state index in [0.717, 1.165) is 24.2 Å². The van der Waals surface area contributed by atoms with Gasteiger partial charge in [-0.3, -0.25) is 4.79 Å². The number of carbonyl (C=O) groups is 1. The average Bonchev–Trinajstić information content (AvgIpc) is 3.00. The molecule has 7 nitrogen and oxygen atoms in total. The molecule has 26 heavy (non-hydrogen) atoms. The fourth-order valence-corrected chi connectivity index (χ4v) is 4.15. The van der Waals surface area contributed by atoms with Crippen molar-refractivity contribution in [3.05, 3.63) is 24.3 Å². The molecule has 1 amide bonds. The molecule has 1 aliphatic heterocycles. The minimum atomic E-state index is 0.128. The summed E-state index contributed by atoms with van der Waals surface area (Å²) in [6.07, 6.45) is 3.31. The Balaban J connectivity index is 1.67. The van der Waals surface area contributed by atoms with E-state index in [1.165, 1.54) is 22.9 Å². The highest BCUT2D eigenvalue weighted by molar-refractivity contribution is 7.99. The largest absolute Gasteiger partial charge is 0.497 e. The molecule has 0 unspecified atom stereocenters. The summed E-state index contributed by atoms with van der Waals surface area (Å²) in [5.41, 5.74) is 0.845. The lowest BCUT2D eigenvalue weighted by molar-refractivity contribution is -0.134. The molecule has 1 aromatic carbocycles. The molecule has 1 fully saturated rings. The van der Waals surface area contributed by atoms with Gasteiger partial charge in [-0.1, -0.05) is 11.8 Å². The van der Waals surface area contributed by atoms with Gasteiger partial charge in [-0.05, 0) is 57.4 Å². The molecule has 1 aromatic heterocycles. The molecule has 0 bridgehead atoms. The van der Waals surface area contributed by atoms with E-state index in [-0.39, 0.29) is 18.0 Å². The van der Waals surface area contributed by atoms with Gasteiger partial charge in [0, 0.05) is 17.6 Å². The van der Waals surface area contributed by atoms with E-state index in [9.17, 15) is 4.79 Å². The number of aromatic nitrogens is 3. The number of amides is 1.